The lowest BCUT2D eigenvalue weighted by molar-refractivity contribution is -0.147. The molecule has 1 amide bonds. The highest BCUT2D eigenvalue weighted by Gasteiger charge is 2.12. The third-order valence-corrected chi connectivity index (χ3v) is 4.42. The Bertz CT molecular complexity index is 792. The average molecular weight is 392 g/mol. The fourth-order valence-corrected chi connectivity index (χ4v) is 2.72. The molecule has 0 fully saturated rings. The number of Topliss-reactive ketones (excluding diaryl/α,β-unsaturated/α-hetero) is 1. The van der Waals surface area contributed by atoms with Gasteiger partial charge in [-0.15, -0.1) is 11.8 Å². The zero-order valence-corrected chi connectivity index (χ0v) is 15.7. The summed E-state index contributed by atoms with van der Waals surface area (Å²) >= 11 is 7.41. The number of nitrogens with one attached hydrogen (secondary N) is 1. The van der Waals surface area contributed by atoms with Gasteiger partial charge in [0.05, 0.1) is 6.42 Å². The van der Waals surface area contributed by atoms with Crippen LogP contribution < -0.4 is 5.32 Å². The van der Waals surface area contributed by atoms with E-state index >= 15 is 0 Å². The molecule has 1 N–H and O–H groups in total. The fourth-order valence-electron chi connectivity index (χ4n) is 2.12. The smallest absolute Gasteiger partial charge is 0.306 e. The van der Waals surface area contributed by atoms with Crippen LogP contribution in [0.15, 0.2) is 53.4 Å². The Hall–Kier alpha value is -2.31. The summed E-state index contributed by atoms with van der Waals surface area (Å²) in [6.45, 7) is -0.415. The molecule has 0 aliphatic carbocycles. The molecule has 0 atom stereocenters. The normalized spacial score (nSPS) is 10.2. The molecule has 2 aromatic rings. The number of anilines is 1. The van der Waals surface area contributed by atoms with Crippen LogP contribution >= 0.6 is 23.4 Å². The second-order valence-electron chi connectivity index (χ2n) is 5.37. The SMILES string of the molecule is CSc1ccc(C(=O)CCC(=O)OCC(=O)Nc2cccc(Cl)c2)cc1. The number of thioether (sulfide) groups is 1. The van der Waals surface area contributed by atoms with E-state index in [2.05, 4.69) is 5.32 Å². The van der Waals surface area contributed by atoms with Crippen molar-refractivity contribution in [1.82, 2.24) is 0 Å². The molecule has 2 aromatic carbocycles. The monoisotopic (exact) mass is 391 g/mol. The largest absolute Gasteiger partial charge is 0.456 e. The number of amides is 1. The average Bonchev–Trinajstić information content (AvgIpc) is 2.64. The number of ketones is 1. The first kappa shape index (κ1) is 20.0. The second-order valence-corrected chi connectivity index (χ2v) is 6.69. The Kier molecular flexibility index (Phi) is 7.69. The van der Waals surface area contributed by atoms with E-state index in [9.17, 15) is 14.4 Å². The summed E-state index contributed by atoms with van der Waals surface area (Å²) in [5.74, 6) is -1.21. The highest BCUT2D eigenvalue weighted by molar-refractivity contribution is 7.98. The minimum absolute atomic E-state index is 0.0351. The lowest BCUT2D eigenvalue weighted by atomic mass is 10.1. The maximum Gasteiger partial charge on any atom is 0.306 e. The molecule has 136 valence electrons. The number of hydrogen-bond donors (Lipinski definition) is 1. The molecule has 0 aliphatic rings. The van der Waals surface area contributed by atoms with Crippen LogP contribution in [0.2, 0.25) is 5.02 Å². The Labute approximate surface area is 161 Å². The van der Waals surface area contributed by atoms with Gasteiger partial charge in [-0.1, -0.05) is 29.8 Å². The van der Waals surface area contributed by atoms with Crippen molar-refractivity contribution in [2.45, 2.75) is 17.7 Å². The zero-order valence-electron chi connectivity index (χ0n) is 14.2. The molecule has 0 radical (unpaired) electrons. The van der Waals surface area contributed by atoms with Gasteiger partial charge >= 0.3 is 5.97 Å². The predicted octanol–water partition coefficient (Wildman–Crippen LogP) is 4.21. The quantitative estimate of drug-likeness (QED) is 0.414. The van der Waals surface area contributed by atoms with Crippen LogP contribution in [0.4, 0.5) is 5.69 Å². The first-order chi connectivity index (χ1) is 12.5. The minimum Gasteiger partial charge on any atom is -0.456 e. The van der Waals surface area contributed by atoms with Crippen LogP contribution in [0.25, 0.3) is 0 Å². The highest BCUT2D eigenvalue weighted by atomic mass is 35.5. The van der Waals surface area contributed by atoms with Gasteiger partial charge in [0.1, 0.15) is 0 Å². The zero-order chi connectivity index (χ0) is 18.9. The number of ether oxygens (including phenoxy) is 1. The Morgan fingerprint density at radius 2 is 1.81 bits per heavy atom. The fraction of sp³-hybridized carbons (Fsp3) is 0.211. The molecule has 5 nitrogen and oxygen atoms in total. The molecular formula is C19H18ClNO4S. The summed E-state index contributed by atoms with van der Waals surface area (Å²) in [7, 11) is 0. The number of halogens is 1. The summed E-state index contributed by atoms with van der Waals surface area (Å²) in [6, 6.07) is 13.8. The van der Waals surface area contributed by atoms with Crippen molar-refractivity contribution in [1.29, 1.82) is 0 Å². The first-order valence-corrected chi connectivity index (χ1v) is 9.46. The molecule has 0 aromatic heterocycles. The summed E-state index contributed by atoms with van der Waals surface area (Å²) in [5.41, 5.74) is 1.07. The van der Waals surface area contributed by atoms with Crippen molar-refractivity contribution in [3.63, 3.8) is 0 Å². The van der Waals surface area contributed by atoms with Crippen molar-refractivity contribution >= 4 is 46.7 Å². The number of esters is 1. The lowest BCUT2D eigenvalue weighted by Crippen LogP contribution is -2.21. The molecule has 2 rings (SSSR count). The third-order valence-electron chi connectivity index (χ3n) is 3.44. The van der Waals surface area contributed by atoms with Crippen LogP contribution in [0.3, 0.4) is 0 Å². The van der Waals surface area contributed by atoms with Gasteiger partial charge in [-0.2, -0.15) is 0 Å². The van der Waals surface area contributed by atoms with Crippen molar-refractivity contribution in [2.75, 3.05) is 18.2 Å². The molecule has 0 spiro atoms. The molecular weight excluding hydrogens is 374 g/mol. The highest BCUT2D eigenvalue weighted by Crippen LogP contribution is 2.16. The van der Waals surface area contributed by atoms with Gasteiger partial charge < -0.3 is 10.1 Å². The molecule has 0 saturated carbocycles. The van der Waals surface area contributed by atoms with Gasteiger partial charge in [-0.05, 0) is 36.6 Å². The molecule has 0 bridgehead atoms. The lowest BCUT2D eigenvalue weighted by Gasteiger charge is -2.07. The van der Waals surface area contributed by atoms with Gasteiger partial charge in [0.25, 0.3) is 5.91 Å². The number of benzene rings is 2. The Morgan fingerprint density at radius 3 is 2.46 bits per heavy atom. The topological polar surface area (TPSA) is 72.5 Å². The van der Waals surface area contributed by atoms with Crippen molar-refractivity contribution in [3.05, 3.63) is 59.1 Å². The predicted molar refractivity (Wildman–Crippen MR) is 103 cm³/mol. The summed E-state index contributed by atoms with van der Waals surface area (Å²) < 4.78 is 4.89. The summed E-state index contributed by atoms with van der Waals surface area (Å²) in [4.78, 5) is 36.6. The first-order valence-electron chi connectivity index (χ1n) is 7.86. The molecule has 7 heteroatoms. The number of carbonyl (C=O) groups excluding carboxylic acids is 3. The van der Waals surface area contributed by atoms with E-state index in [-0.39, 0.29) is 18.6 Å². The van der Waals surface area contributed by atoms with E-state index in [1.165, 1.54) is 0 Å². The van der Waals surface area contributed by atoms with E-state index in [0.717, 1.165) is 4.90 Å². The minimum atomic E-state index is -0.597. The molecule has 0 aliphatic heterocycles. The standard InChI is InChI=1S/C19H18ClNO4S/c1-26-16-7-5-13(6-8-16)17(22)9-10-19(24)25-12-18(23)21-15-4-2-3-14(20)11-15/h2-8,11H,9-10,12H2,1H3,(H,21,23). The van der Waals surface area contributed by atoms with Gasteiger partial charge in [-0.25, -0.2) is 0 Å². The Morgan fingerprint density at radius 1 is 1.08 bits per heavy atom. The van der Waals surface area contributed by atoms with Gasteiger partial charge in [0, 0.05) is 27.6 Å². The van der Waals surface area contributed by atoms with E-state index < -0.39 is 18.5 Å². The second kappa shape index (κ2) is 9.99. The maximum absolute atomic E-state index is 12.1. The summed E-state index contributed by atoms with van der Waals surface area (Å²) in [5, 5.41) is 3.06. The van der Waals surface area contributed by atoms with Crippen molar-refractivity contribution in [2.24, 2.45) is 0 Å². The summed E-state index contributed by atoms with van der Waals surface area (Å²) in [6.07, 6.45) is 1.91. The molecule has 26 heavy (non-hydrogen) atoms. The van der Waals surface area contributed by atoms with Crippen LogP contribution in [0, 0.1) is 0 Å². The van der Waals surface area contributed by atoms with E-state index in [1.807, 2.05) is 18.4 Å². The molecule has 0 heterocycles. The number of carbonyl (C=O) groups is 3. The van der Waals surface area contributed by atoms with Crippen LogP contribution in [-0.4, -0.2) is 30.5 Å². The van der Waals surface area contributed by atoms with Crippen molar-refractivity contribution < 1.29 is 19.1 Å². The molecule has 0 unspecified atom stereocenters. The maximum atomic E-state index is 12.1. The van der Waals surface area contributed by atoms with Gasteiger partial charge in [-0.3, -0.25) is 14.4 Å². The number of rotatable bonds is 8. The van der Waals surface area contributed by atoms with E-state index in [4.69, 9.17) is 16.3 Å². The van der Waals surface area contributed by atoms with Crippen molar-refractivity contribution in [3.8, 4) is 0 Å². The van der Waals surface area contributed by atoms with Crippen LogP contribution in [-0.2, 0) is 14.3 Å². The van der Waals surface area contributed by atoms with E-state index in [0.29, 0.717) is 16.3 Å². The van der Waals surface area contributed by atoms with Gasteiger partial charge in [0.2, 0.25) is 0 Å². The number of hydrogen-bond acceptors (Lipinski definition) is 5. The van der Waals surface area contributed by atoms with E-state index in [1.54, 1.807) is 48.2 Å². The Balaban J connectivity index is 1.72. The van der Waals surface area contributed by atoms with Crippen LogP contribution in [0.5, 0.6) is 0 Å². The third kappa shape index (κ3) is 6.54. The van der Waals surface area contributed by atoms with Gasteiger partial charge in [0.15, 0.2) is 12.4 Å². The van der Waals surface area contributed by atoms with Crippen LogP contribution in [0.1, 0.15) is 23.2 Å². The molecule has 0 saturated heterocycles.